The molecule has 1 aliphatic carbocycles. The Labute approximate surface area is 150 Å². The average Bonchev–Trinajstić information content (AvgIpc) is 2.41. The minimum Gasteiger partial charge on any atom is -0.491 e. The van der Waals surface area contributed by atoms with Gasteiger partial charge in [0.15, 0.2) is 5.75 Å². The lowest BCUT2D eigenvalue weighted by Crippen LogP contribution is -2.29. The minimum atomic E-state index is 0. The normalized spacial score (nSPS) is 16.5. The highest BCUT2D eigenvalue weighted by Gasteiger charge is 2.13. The fraction of sp³-hybridized carbons (Fsp3) is 0.647. The van der Waals surface area contributed by atoms with Gasteiger partial charge < -0.3 is 10.1 Å². The number of rotatable bonds is 5. The van der Waals surface area contributed by atoms with Crippen LogP contribution in [0.5, 0.6) is 5.75 Å². The van der Waals surface area contributed by atoms with E-state index >= 15 is 0 Å². The maximum absolute atomic E-state index is 6.25. The first kappa shape index (κ1) is 19.9. The van der Waals surface area contributed by atoms with Crippen LogP contribution in [0.25, 0.3) is 0 Å². The molecule has 0 bridgehead atoms. The van der Waals surface area contributed by atoms with Crippen molar-refractivity contribution in [3.63, 3.8) is 0 Å². The molecular weight excluding hydrogens is 341 g/mol. The van der Waals surface area contributed by atoms with Gasteiger partial charge in [-0.1, -0.05) is 55.3 Å². The molecule has 2 rings (SSSR count). The summed E-state index contributed by atoms with van der Waals surface area (Å²) in [5.74, 6) is 0.593. The molecule has 1 N–H and O–H groups in total. The molecule has 0 heterocycles. The zero-order valence-corrected chi connectivity index (χ0v) is 15.5. The first-order valence-corrected chi connectivity index (χ1v) is 8.80. The molecule has 2 nitrogen and oxygen atoms in total. The Kier molecular flexibility index (Phi) is 9.58. The third kappa shape index (κ3) is 6.16. The summed E-state index contributed by atoms with van der Waals surface area (Å²) in [4.78, 5) is 0. The van der Waals surface area contributed by atoms with Crippen LogP contribution in [0.15, 0.2) is 12.1 Å². The van der Waals surface area contributed by atoms with Crippen molar-refractivity contribution in [3.8, 4) is 5.75 Å². The molecule has 1 saturated carbocycles. The standard InChI is InChI=1S/C17H25Cl2NO.ClH/c1-2-21-17-15(18)10-13(11-16(17)19)12-20-14-8-6-4-3-5-7-9-14;/h10-11,14,20H,2-9,12H2,1H3;1H. The Morgan fingerprint density at radius 1 is 1.05 bits per heavy atom. The number of halogens is 3. The van der Waals surface area contributed by atoms with Crippen molar-refractivity contribution >= 4 is 35.6 Å². The van der Waals surface area contributed by atoms with Gasteiger partial charge in [0, 0.05) is 12.6 Å². The summed E-state index contributed by atoms with van der Waals surface area (Å²) in [5, 5.41) is 4.85. The molecule has 1 aromatic rings. The van der Waals surface area contributed by atoms with E-state index in [1.165, 1.54) is 44.9 Å². The summed E-state index contributed by atoms with van der Waals surface area (Å²) in [6.45, 7) is 3.31. The van der Waals surface area contributed by atoms with Gasteiger partial charge in [-0.15, -0.1) is 12.4 Å². The van der Waals surface area contributed by atoms with E-state index in [-0.39, 0.29) is 12.4 Å². The first-order chi connectivity index (χ1) is 10.2. The van der Waals surface area contributed by atoms with Gasteiger partial charge in [0.1, 0.15) is 0 Å². The van der Waals surface area contributed by atoms with Crippen LogP contribution in [0.2, 0.25) is 10.0 Å². The molecule has 0 amide bonds. The van der Waals surface area contributed by atoms with Crippen molar-refractivity contribution in [3.05, 3.63) is 27.7 Å². The highest BCUT2D eigenvalue weighted by molar-refractivity contribution is 6.37. The molecule has 0 saturated heterocycles. The van der Waals surface area contributed by atoms with E-state index in [9.17, 15) is 0 Å². The predicted octanol–water partition coefficient (Wildman–Crippen LogP) is 6.02. The highest BCUT2D eigenvalue weighted by atomic mass is 35.5. The molecule has 0 spiro atoms. The lowest BCUT2D eigenvalue weighted by atomic mass is 9.96. The van der Waals surface area contributed by atoms with Gasteiger partial charge in [0.25, 0.3) is 0 Å². The van der Waals surface area contributed by atoms with Crippen LogP contribution in [-0.2, 0) is 6.54 Å². The second kappa shape index (κ2) is 10.6. The third-order valence-electron chi connectivity index (χ3n) is 4.05. The number of nitrogens with one attached hydrogen (secondary N) is 1. The molecular formula is C17H26Cl3NO. The summed E-state index contributed by atoms with van der Waals surface area (Å²) in [6, 6.07) is 4.53. The number of hydrogen-bond acceptors (Lipinski definition) is 2. The van der Waals surface area contributed by atoms with Gasteiger partial charge in [-0.3, -0.25) is 0 Å². The topological polar surface area (TPSA) is 21.3 Å². The number of benzene rings is 1. The van der Waals surface area contributed by atoms with Crippen molar-refractivity contribution in [1.82, 2.24) is 5.32 Å². The Hall–Kier alpha value is -0.150. The Morgan fingerprint density at radius 2 is 1.59 bits per heavy atom. The van der Waals surface area contributed by atoms with Crippen LogP contribution in [0.3, 0.4) is 0 Å². The van der Waals surface area contributed by atoms with Gasteiger partial charge >= 0.3 is 0 Å². The summed E-state index contributed by atoms with van der Waals surface area (Å²) >= 11 is 12.5. The van der Waals surface area contributed by atoms with Crippen LogP contribution in [0, 0.1) is 0 Å². The zero-order valence-electron chi connectivity index (χ0n) is 13.2. The largest absolute Gasteiger partial charge is 0.491 e. The van der Waals surface area contributed by atoms with Crippen LogP contribution in [0.4, 0.5) is 0 Å². The molecule has 0 aromatic heterocycles. The van der Waals surface area contributed by atoms with Crippen LogP contribution < -0.4 is 10.1 Å². The smallest absolute Gasteiger partial charge is 0.156 e. The van der Waals surface area contributed by atoms with E-state index in [0.29, 0.717) is 28.4 Å². The van der Waals surface area contributed by atoms with Crippen molar-refractivity contribution in [1.29, 1.82) is 0 Å². The van der Waals surface area contributed by atoms with E-state index in [2.05, 4.69) is 5.32 Å². The summed E-state index contributed by atoms with van der Waals surface area (Å²) < 4.78 is 5.46. The average molecular weight is 367 g/mol. The molecule has 0 atom stereocenters. The monoisotopic (exact) mass is 365 g/mol. The summed E-state index contributed by atoms with van der Waals surface area (Å²) in [6.07, 6.45) is 9.37. The van der Waals surface area contributed by atoms with Gasteiger partial charge in [0.05, 0.1) is 16.7 Å². The third-order valence-corrected chi connectivity index (χ3v) is 4.61. The molecule has 1 fully saturated rings. The molecule has 0 unspecified atom stereocenters. The van der Waals surface area contributed by atoms with Crippen LogP contribution in [-0.4, -0.2) is 12.6 Å². The van der Waals surface area contributed by atoms with E-state index in [1.807, 2.05) is 19.1 Å². The quantitative estimate of drug-likeness (QED) is 0.688. The Balaban J connectivity index is 0.00000242. The lowest BCUT2D eigenvalue weighted by Gasteiger charge is -2.21. The molecule has 126 valence electrons. The Morgan fingerprint density at radius 3 is 2.14 bits per heavy atom. The molecule has 0 aliphatic heterocycles. The SMILES string of the molecule is CCOc1c(Cl)cc(CNC2CCCCCCC2)cc1Cl.Cl. The molecule has 1 aromatic carbocycles. The fourth-order valence-corrected chi connectivity index (χ4v) is 3.56. The Bertz CT molecular complexity index is 423. The van der Waals surface area contributed by atoms with E-state index in [1.54, 1.807) is 0 Å². The number of ether oxygens (including phenoxy) is 1. The fourth-order valence-electron chi connectivity index (χ4n) is 2.92. The highest BCUT2D eigenvalue weighted by Crippen LogP contribution is 2.34. The maximum Gasteiger partial charge on any atom is 0.156 e. The maximum atomic E-state index is 6.25. The molecule has 22 heavy (non-hydrogen) atoms. The van der Waals surface area contributed by atoms with E-state index in [4.69, 9.17) is 27.9 Å². The lowest BCUT2D eigenvalue weighted by molar-refractivity contribution is 0.340. The van der Waals surface area contributed by atoms with E-state index < -0.39 is 0 Å². The second-order valence-corrected chi connectivity index (χ2v) is 6.56. The zero-order chi connectivity index (χ0) is 15.1. The van der Waals surface area contributed by atoms with Gasteiger partial charge in [-0.05, 0) is 37.5 Å². The minimum absolute atomic E-state index is 0. The van der Waals surface area contributed by atoms with Crippen LogP contribution >= 0.6 is 35.6 Å². The van der Waals surface area contributed by atoms with Crippen molar-refractivity contribution < 1.29 is 4.74 Å². The van der Waals surface area contributed by atoms with Crippen molar-refractivity contribution in [2.45, 2.75) is 64.5 Å². The van der Waals surface area contributed by atoms with Crippen molar-refractivity contribution in [2.75, 3.05) is 6.61 Å². The molecule has 5 heteroatoms. The van der Waals surface area contributed by atoms with Gasteiger partial charge in [-0.25, -0.2) is 0 Å². The summed E-state index contributed by atoms with van der Waals surface area (Å²) in [7, 11) is 0. The van der Waals surface area contributed by atoms with Gasteiger partial charge in [0.2, 0.25) is 0 Å². The summed E-state index contributed by atoms with van der Waals surface area (Å²) in [5.41, 5.74) is 1.12. The first-order valence-electron chi connectivity index (χ1n) is 8.04. The number of hydrogen-bond donors (Lipinski definition) is 1. The predicted molar refractivity (Wildman–Crippen MR) is 97.8 cm³/mol. The second-order valence-electron chi connectivity index (χ2n) is 5.74. The van der Waals surface area contributed by atoms with Crippen molar-refractivity contribution in [2.24, 2.45) is 0 Å². The van der Waals surface area contributed by atoms with E-state index in [0.717, 1.165) is 12.1 Å². The van der Waals surface area contributed by atoms with Crippen LogP contribution in [0.1, 0.15) is 57.4 Å². The van der Waals surface area contributed by atoms with Gasteiger partial charge in [-0.2, -0.15) is 0 Å². The molecule has 0 radical (unpaired) electrons. The molecule has 1 aliphatic rings.